The lowest BCUT2D eigenvalue weighted by Gasteiger charge is -2.40. The highest BCUT2D eigenvalue weighted by Crippen LogP contribution is 2.56. The van der Waals surface area contributed by atoms with E-state index in [1.807, 2.05) is 64.1 Å². The fourth-order valence-corrected chi connectivity index (χ4v) is 11.7. The first kappa shape index (κ1) is 34.5. The largest absolute Gasteiger partial charge is 0.418 e. The molecule has 2 amide bonds. The van der Waals surface area contributed by atoms with Crippen LogP contribution in [0, 0.1) is 11.6 Å². The predicted molar refractivity (Wildman–Crippen MR) is 212 cm³/mol. The van der Waals surface area contributed by atoms with Crippen LogP contribution < -0.4 is 9.80 Å². The lowest BCUT2D eigenvalue weighted by Crippen LogP contribution is -2.35. The molecule has 10 rings (SSSR count). The third kappa shape index (κ3) is 4.48. The summed E-state index contributed by atoms with van der Waals surface area (Å²) in [6.07, 6.45) is 0. The molecule has 0 fully saturated rings. The number of nitrogens with zero attached hydrogens (tertiary/aromatic N) is 2. The topological polar surface area (TPSA) is 93.2 Å². The van der Waals surface area contributed by atoms with Crippen molar-refractivity contribution in [1.82, 2.24) is 0 Å². The van der Waals surface area contributed by atoms with Gasteiger partial charge in [0.25, 0.3) is 0 Å². The van der Waals surface area contributed by atoms with Crippen LogP contribution in [0.2, 0.25) is 0 Å². The standard InChI is InChI=1S/C44H30F2N2O6S2/c1-19(49)47-27-13-9-23(45)17-25(27)43(3,4)35-29(47)11-7-21-15-31(55-39(21)35)33-37-38(54-41(33)51)34(42(52)53-37)32-16-22-8-12-30-36(40(22)56-32)44(5,6)26-18-24(46)10-14-28(26)48(30)20(2)50/h7-18H,1-6H3. The third-order valence-corrected chi connectivity index (χ3v) is 13.8. The minimum absolute atomic E-state index is 0.0273. The molecule has 0 aliphatic carbocycles. The van der Waals surface area contributed by atoms with Gasteiger partial charge in [-0.05, 0) is 82.6 Å². The van der Waals surface area contributed by atoms with Crippen LogP contribution >= 0.6 is 22.7 Å². The van der Waals surface area contributed by atoms with Crippen molar-refractivity contribution >= 4 is 100 Å². The van der Waals surface area contributed by atoms with E-state index in [9.17, 15) is 28.0 Å². The molecule has 0 spiro atoms. The van der Waals surface area contributed by atoms with Gasteiger partial charge in [-0.2, -0.15) is 0 Å². The first-order valence-corrected chi connectivity index (χ1v) is 19.5. The second-order valence-electron chi connectivity index (χ2n) is 15.4. The average Bonchev–Trinajstić information content (AvgIpc) is 3.89. The SMILES string of the molecule is CC(=O)N1c2ccc(F)cc2C(C)(C)c2c1ccc1cc(C3=C4OC(=O)C(c5cc6ccc7c(c6s5)C(C)(C)c5cc(F)ccc5N7C(C)=O)=C4OC3=O)sc21. The molecule has 0 saturated heterocycles. The molecule has 0 N–H and O–H groups in total. The molecule has 4 aliphatic rings. The van der Waals surface area contributed by atoms with Crippen molar-refractivity contribution in [2.75, 3.05) is 9.80 Å². The second kappa shape index (κ2) is 11.3. The van der Waals surface area contributed by atoms with Crippen LogP contribution in [0.4, 0.5) is 31.5 Å². The van der Waals surface area contributed by atoms with Crippen LogP contribution in [0.3, 0.4) is 0 Å². The number of rotatable bonds is 2. The molecule has 56 heavy (non-hydrogen) atoms. The summed E-state index contributed by atoms with van der Waals surface area (Å²) in [6, 6.07) is 20.0. The summed E-state index contributed by atoms with van der Waals surface area (Å²) >= 11 is 2.62. The quantitative estimate of drug-likeness (QED) is 0.162. The molecule has 4 aliphatic heterocycles. The van der Waals surface area contributed by atoms with E-state index in [-0.39, 0.29) is 34.5 Å². The zero-order valence-corrected chi connectivity index (χ0v) is 32.5. The summed E-state index contributed by atoms with van der Waals surface area (Å²) in [5.74, 6) is -2.57. The zero-order chi connectivity index (χ0) is 39.3. The van der Waals surface area contributed by atoms with Gasteiger partial charge in [0.2, 0.25) is 11.8 Å². The molecule has 0 atom stereocenters. The van der Waals surface area contributed by atoms with Gasteiger partial charge in [0, 0.05) is 55.0 Å². The zero-order valence-electron chi connectivity index (χ0n) is 30.8. The maximum absolute atomic E-state index is 14.7. The van der Waals surface area contributed by atoms with E-state index in [0.29, 0.717) is 43.6 Å². The third-order valence-electron chi connectivity index (χ3n) is 11.4. The average molecular weight is 785 g/mol. The van der Waals surface area contributed by atoms with Crippen LogP contribution in [-0.2, 0) is 39.5 Å². The lowest BCUT2D eigenvalue weighted by molar-refractivity contribution is -0.131. The second-order valence-corrected chi connectivity index (χ2v) is 17.6. The number of hydrogen-bond acceptors (Lipinski definition) is 8. The van der Waals surface area contributed by atoms with E-state index in [0.717, 1.165) is 31.3 Å². The molecular formula is C44H30F2N2O6S2. The van der Waals surface area contributed by atoms with Gasteiger partial charge in [0.15, 0.2) is 11.5 Å². The molecule has 0 radical (unpaired) electrons. The van der Waals surface area contributed by atoms with Crippen molar-refractivity contribution in [3.63, 3.8) is 0 Å². The Morgan fingerprint density at radius 1 is 0.571 bits per heavy atom. The number of thiophene rings is 2. The lowest BCUT2D eigenvalue weighted by atomic mass is 9.73. The Morgan fingerprint density at radius 3 is 1.32 bits per heavy atom. The number of carbonyl (C=O) groups excluding carboxylic acids is 4. The summed E-state index contributed by atoms with van der Waals surface area (Å²) < 4.78 is 42.6. The number of ether oxygens (including phenoxy) is 2. The summed E-state index contributed by atoms with van der Waals surface area (Å²) in [4.78, 5) is 57.8. The maximum atomic E-state index is 14.7. The van der Waals surface area contributed by atoms with Crippen molar-refractivity contribution in [1.29, 1.82) is 0 Å². The molecule has 6 heterocycles. The Balaban J connectivity index is 1.12. The molecule has 4 aromatic carbocycles. The molecular weight excluding hydrogens is 755 g/mol. The number of halogens is 2. The monoisotopic (exact) mass is 784 g/mol. The van der Waals surface area contributed by atoms with Gasteiger partial charge in [-0.15, -0.1) is 22.7 Å². The number of esters is 2. The van der Waals surface area contributed by atoms with Gasteiger partial charge in [-0.25, -0.2) is 18.4 Å². The number of fused-ring (bicyclic) bond motifs is 9. The molecule has 278 valence electrons. The Kier molecular flexibility index (Phi) is 6.96. The van der Waals surface area contributed by atoms with E-state index in [4.69, 9.17) is 9.47 Å². The van der Waals surface area contributed by atoms with Crippen LogP contribution in [0.1, 0.15) is 73.6 Å². The summed E-state index contributed by atoms with van der Waals surface area (Å²) in [6.45, 7) is 10.9. The first-order valence-electron chi connectivity index (χ1n) is 17.9. The van der Waals surface area contributed by atoms with E-state index < -0.39 is 34.4 Å². The molecule has 12 heteroatoms. The number of amides is 2. The smallest absolute Gasteiger partial charge is 0.349 e. The van der Waals surface area contributed by atoms with Crippen LogP contribution in [0.25, 0.3) is 31.3 Å². The fourth-order valence-electron chi connectivity index (χ4n) is 8.95. The highest BCUT2D eigenvalue weighted by Gasteiger charge is 2.47. The Bertz CT molecular complexity index is 2770. The normalized spacial score (nSPS) is 17.5. The van der Waals surface area contributed by atoms with E-state index in [2.05, 4.69) is 0 Å². The highest BCUT2D eigenvalue weighted by molar-refractivity contribution is 7.21. The summed E-state index contributed by atoms with van der Waals surface area (Å²) in [7, 11) is 0. The number of anilines is 4. The van der Waals surface area contributed by atoms with Crippen LogP contribution in [-0.4, -0.2) is 23.8 Å². The molecule has 8 nitrogen and oxygen atoms in total. The van der Waals surface area contributed by atoms with E-state index in [1.54, 1.807) is 21.9 Å². The Labute approximate surface area is 326 Å². The maximum Gasteiger partial charge on any atom is 0.349 e. The molecule has 0 unspecified atom stereocenters. The minimum atomic E-state index is -0.723. The summed E-state index contributed by atoms with van der Waals surface area (Å²) in [5.41, 5.74) is 4.25. The fraction of sp³-hybridized carbons (Fsp3) is 0.182. The highest BCUT2D eigenvalue weighted by atomic mass is 32.1. The van der Waals surface area contributed by atoms with Gasteiger partial charge < -0.3 is 9.47 Å². The Hall–Kier alpha value is -5.98. The molecule has 2 aromatic heterocycles. The predicted octanol–water partition coefficient (Wildman–Crippen LogP) is 10.3. The van der Waals surface area contributed by atoms with Gasteiger partial charge in [0.05, 0.1) is 22.7 Å². The van der Waals surface area contributed by atoms with Gasteiger partial charge in [-0.3, -0.25) is 19.4 Å². The van der Waals surface area contributed by atoms with Crippen molar-refractivity contribution in [3.8, 4) is 0 Å². The molecule has 6 aromatic rings. The van der Waals surface area contributed by atoms with Gasteiger partial charge in [0.1, 0.15) is 22.8 Å². The van der Waals surface area contributed by atoms with Crippen molar-refractivity contribution in [2.45, 2.75) is 52.4 Å². The molecule has 0 saturated carbocycles. The van der Waals surface area contributed by atoms with Crippen molar-refractivity contribution in [3.05, 3.63) is 128 Å². The van der Waals surface area contributed by atoms with Gasteiger partial charge in [-0.1, -0.05) is 39.8 Å². The van der Waals surface area contributed by atoms with Crippen molar-refractivity contribution in [2.24, 2.45) is 0 Å². The van der Waals surface area contributed by atoms with Gasteiger partial charge >= 0.3 is 11.9 Å². The van der Waals surface area contributed by atoms with Crippen LogP contribution in [0.5, 0.6) is 0 Å². The summed E-state index contributed by atoms with van der Waals surface area (Å²) in [5, 5.41) is 1.59. The number of carbonyl (C=O) groups is 4. The number of benzene rings is 4. The first-order chi connectivity index (χ1) is 26.6. The Morgan fingerprint density at radius 2 is 0.946 bits per heavy atom. The van der Waals surface area contributed by atoms with E-state index >= 15 is 0 Å². The van der Waals surface area contributed by atoms with E-state index in [1.165, 1.54) is 60.8 Å². The van der Waals surface area contributed by atoms with Crippen LogP contribution in [0.15, 0.2) is 84.3 Å². The number of hydrogen-bond donors (Lipinski definition) is 0. The molecule has 0 bridgehead atoms. The van der Waals surface area contributed by atoms with Crippen molar-refractivity contribution < 1.29 is 37.4 Å². The minimum Gasteiger partial charge on any atom is -0.418 e.